The van der Waals surface area contributed by atoms with Crippen LogP contribution in [0.25, 0.3) is 0 Å². The molecule has 0 aliphatic heterocycles. The topological polar surface area (TPSA) is 29.5 Å². The first-order valence-corrected chi connectivity index (χ1v) is 6.64. The molecule has 0 aromatic rings. The van der Waals surface area contributed by atoms with Gasteiger partial charge in [-0.3, -0.25) is 0 Å². The van der Waals surface area contributed by atoms with Crippen LogP contribution in [-0.4, -0.2) is 20.2 Å². The molecule has 0 heterocycles. The van der Waals surface area contributed by atoms with Crippen LogP contribution in [-0.2, 0) is 4.43 Å². The summed E-state index contributed by atoms with van der Waals surface area (Å²) in [5, 5.41) is 0. The highest BCUT2D eigenvalue weighted by Gasteiger charge is 2.05. The van der Waals surface area contributed by atoms with Gasteiger partial charge in [0.1, 0.15) is 0 Å². The van der Waals surface area contributed by atoms with Gasteiger partial charge >= 0.3 is 9.28 Å². The lowest BCUT2D eigenvalue weighted by molar-refractivity contribution is 0.173. The molecule has 0 amide bonds. The summed E-state index contributed by atoms with van der Waals surface area (Å²) in [6, 6.07) is 0. The van der Waals surface area contributed by atoms with Crippen molar-refractivity contribution >= 4 is 9.28 Å². The summed E-state index contributed by atoms with van der Waals surface area (Å²) in [6.07, 6.45) is 5.09. The van der Waals surface area contributed by atoms with E-state index in [0.717, 1.165) is 6.42 Å². The van der Waals surface area contributed by atoms with Crippen molar-refractivity contribution in [1.29, 1.82) is 0 Å². The quantitative estimate of drug-likeness (QED) is 0.494. The van der Waals surface area contributed by atoms with Crippen molar-refractivity contribution in [3.05, 3.63) is 0 Å². The van der Waals surface area contributed by atoms with Crippen molar-refractivity contribution in [2.75, 3.05) is 0 Å². The molecule has 0 saturated carbocycles. The molecule has 0 aliphatic rings. The number of rotatable bonds is 6. The fourth-order valence-corrected chi connectivity index (χ4v) is 1.89. The van der Waals surface area contributed by atoms with E-state index in [1.54, 1.807) is 6.55 Å². The van der Waals surface area contributed by atoms with E-state index in [-0.39, 0.29) is 6.10 Å². The van der Waals surface area contributed by atoms with Gasteiger partial charge in [-0.2, -0.15) is 0 Å². The average molecular weight is 176 g/mol. The highest BCUT2D eigenvalue weighted by Crippen LogP contribution is 2.06. The minimum absolute atomic E-state index is 0.258. The molecule has 0 rings (SSSR count). The highest BCUT2D eigenvalue weighted by atomic mass is 28.3. The van der Waals surface area contributed by atoms with Gasteiger partial charge in [0.15, 0.2) is 0 Å². The van der Waals surface area contributed by atoms with Crippen molar-refractivity contribution in [3.63, 3.8) is 0 Å². The first kappa shape index (κ1) is 11.1. The Labute approximate surface area is 71.4 Å². The van der Waals surface area contributed by atoms with Gasteiger partial charge in [0.25, 0.3) is 0 Å². The molecule has 0 aromatic heterocycles. The zero-order valence-electron chi connectivity index (χ0n) is 7.84. The molecule has 3 heteroatoms. The van der Waals surface area contributed by atoms with Crippen LogP contribution < -0.4 is 0 Å². The van der Waals surface area contributed by atoms with Crippen molar-refractivity contribution in [3.8, 4) is 0 Å². The SMILES string of the molecule is CCCCCC(C)O[SiH](C)O. The third kappa shape index (κ3) is 8.04. The van der Waals surface area contributed by atoms with Crippen LogP contribution in [0.2, 0.25) is 6.55 Å². The van der Waals surface area contributed by atoms with Crippen molar-refractivity contribution in [1.82, 2.24) is 0 Å². The number of unbranched alkanes of at least 4 members (excludes halogenated alkanes) is 2. The Hall–Kier alpha value is 0.137. The maximum atomic E-state index is 9.00. The molecule has 2 unspecified atom stereocenters. The standard InChI is InChI=1S/C8H20O2Si/c1-4-5-6-7-8(2)10-11(3)9/h8-9,11H,4-7H2,1-3H3. The zero-order valence-corrected chi connectivity index (χ0v) is 8.99. The Bertz CT molecular complexity index is 86.2. The van der Waals surface area contributed by atoms with Crippen molar-refractivity contribution in [2.45, 2.75) is 52.2 Å². The summed E-state index contributed by atoms with van der Waals surface area (Å²) in [4.78, 5) is 9.00. The van der Waals surface area contributed by atoms with Gasteiger partial charge in [0, 0.05) is 6.10 Å². The van der Waals surface area contributed by atoms with E-state index in [1.165, 1.54) is 19.3 Å². The van der Waals surface area contributed by atoms with Crippen LogP contribution in [0.4, 0.5) is 0 Å². The highest BCUT2D eigenvalue weighted by molar-refractivity contribution is 6.40. The lowest BCUT2D eigenvalue weighted by Crippen LogP contribution is -2.20. The molecule has 1 N–H and O–H groups in total. The minimum atomic E-state index is -1.78. The molecule has 0 bridgehead atoms. The van der Waals surface area contributed by atoms with E-state index < -0.39 is 9.28 Å². The summed E-state index contributed by atoms with van der Waals surface area (Å²) < 4.78 is 5.29. The Morgan fingerprint density at radius 1 is 1.45 bits per heavy atom. The summed E-state index contributed by atoms with van der Waals surface area (Å²) in [7, 11) is -1.78. The Balaban J connectivity index is 3.15. The second kappa shape index (κ2) is 6.82. The normalized spacial score (nSPS) is 16.4. The predicted octanol–water partition coefficient (Wildman–Crippen LogP) is 1.81. The number of hydrogen-bond donors (Lipinski definition) is 1. The third-order valence-electron chi connectivity index (χ3n) is 1.64. The van der Waals surface area contributed by atoms with Gasteiger partial charge in [0.05, 0.1) is 0 Å². The lowest BCUT2D eigenvalue weighted by atomic mass is 10.1. The van der Waals surface area contributed by atoms with E-state index >= 15 is 0 Å². The molecule has 0 spiro atoms. The van der Waals surface area contributed by atoms with Crippen LogP contribution in [0.1, 0.15) is 39.5 Å². The van der Waals surface area contributed by atoms with Crippen molar-refractivity contribution in [2.24, 2.45) is 0 Å². The maximum absolute atomic E-state index is 9.00. The smallest absolute Gasteiger partial charge is 0.315 e. The molecule has 11 heavy (non-hydrogen) atoms. The summed E-state index contributed by atoms with van der Waals surface area (Å²) in [6.45, 7) is 6.01. The fraction of sp³-hybridized carbons (Fsp3) is 1.00. The van der Waals surface area contributed by atoms with Crippen LogP contribution in [0.5, 0.6) is 0 Å². The Kier molecular flexibility index (Phi) is 6.91. The van der Waals surface area contributed by atoms with Gasteiger partial charge in [0.2, 0.25) is 0 Å². The predicted molar refractivity (Wildman–Crippen MR) is 49.9 cm³/mol. The van der Waals surface area contributed by atoms with Gasteiger partial charge in [-0.05, 0) is 19.9 Å². The van der Waals surface area contributed by atoms with E-state index in [4.69, 9.17) is 9.22 Å². The van der Waals surface area contributed by atoms with Gasteiger partial charge < -0.3 is 9.22 Å². The maximum Gasteiger partial charge on any atom is 0.315 e. The first-order valence-electron chi connectivity index (χ1n) is 4.50. The van der Waals surface area contributed by atoms with Gasteiger partial charge in [-0.1, -0.05) is 26.2 Å². The summed E-state index contributed by atoms with van der Waals surface area (Å²) in [5.74, 6) is 0. The molecular formula is C8H20O2Si. The van der Waals surface area contributed by atoms with E-state index in [9.17, 15) is 0 Å². The largest absolute Gasteiger partial charge is 0.413 e. The van der Waals surface area contributed by atoms with Crippen LogP contribution >= 0.6 is 0 Å². The molecule has 0 aromatic carbocycles. The second-order valence-electron chi connectivity index (χ2n) is 3.04. The monoisotopic (exact) mass is 176 g/mol. The molecule has 2 atom stereocenters. The Morgan fingerprint density at radius 2 is 2.09 bits per heavy atom. The van der Waals surface area contributed by atoms with E-state index in [1.807, 2.05) is 6.92 Å². The Morgan fingerprint density at radius 3 is 2.55 bits per heavy atom. The third-order valence-corrected chi connectivity index (χ3v) is 2.50. The van der Waals surface area contributed by atoms with E-state index in [2.05, 4.69) is 6.92 Å². The van der Waals surface area contributed by atoms with Crippen LogP contribution in [0.15, 0.2) is 0 Å². The molecule has 0 aliphatic carbocycles. The zero-order chi connectivity index (χ0) is 8.69. The molecule has 0 saturated heterocycles. The van der Waals surface area contributed by atoms with E-state index in [0.29, 0.717) is 0 Å². The molecule has 68 valence electrons. The molecule has 2 nitrogen and oxygen atoms in total. The van der Waals surface area contributed by atoms with Crippen molar-refractivity contribution < 1.29 is 9.22 Å². The summed E-state index contributed by atoms with van der Waals surface area (Å²) in [5.41, 5.74) is 0. The summed E-state index contributed by atoms with van der Waals surface area (Å²) >= 11 is 0. The fourth-order valence-electron chi connectivity index (χ4n) is 1.09. The second-order valence-corrected chi connectivity index (χ2v) is 4.51. The van der Waals surface area contributed by atoms with Gasteiger partial charge in [-0.25, -0.2) is 0 Å². The van der Waals surface area contributed by atoms with Gasteiger partial charge in [-0.15, -0.1) is 0 Å². The lowest BCUT2D eigenvalue weighted by Gasteiger charge is -2.13. The molecular weight excluding hydrogens is 156 g/mol. The minimum Gasteiger partial charge on any atom is -0.413 e. The molecule has 0 radical (unpaired) electrons. The molecule has 0 fully saturated rings. The van der Waals surface area contributed by atoms with Crippen LogP contribution in [0.3, 0.4) is 0 Å². The first-order chi connectivity index (χ1) is 5.16. The average Bonchev–Trinajstić information content (AvgIpc) is 1.86. The van der Waals surface area contributed by atoms with Crippen LogP contribution in [0, 0.1) is 0 Å². The number of hydrogen-bond acceptors (Lipinski definition) is 2.